The van der Waals surface area contributed by atoms with E-state index in [2.05, 4.69) is 5.32 Å². The van der Waals surface area contributed by atoms with Crippen LogP contribution in [-0.2, 0) is 14.3 Å². The van der Waals surface area contributed by atoms with Gasteiger partial charge in [-0.25, -0.2) is 0 Å². The van der Waals surface area contributed by atoms with E-state index in [1.54, 1.807) is 14.2 Å². The summed E-state index contributed by atoms with van der Waals surface area (Å²) >= 11 is 0. The third kappa shape index (κ3) is 7.30. The van der Waals surface area contributed by atoms with Gasteiger partial charge in [0.25, 0.3) is 0 Å². The van der Waals surface area contributed by atoms with Crippen molar-refractivity contribution in [1.29, 1.82) is 0 Å². The van der Waals surface area contributed by atoms with E-state index in [1.165, 1.54) is 0 Å². The molecule has 5 heteroatoms. The standard InChI is InChI=1S/C10H22N2O3/c1-8(7-15-3)6-12-10(13)9(11)4-5-14-2/h8-9H,4-7,11H2,1-3H3,(H,12,13). The molecule has 5 nitrogen and oxygen atoms in total. The normalized spacial score (nSPS) is 14.7. The van der Waals surface area contributed by atoms with Crippen LogP contribution < -0.4 is 11.1 Å². The van der Waals surface area contributed by atoms with E-state index in [0.29, 0.717) is 32.1 Å². The number of hydrogen-bond acceptors (Lipinski definition) is 4. The molecule has 3 N–H and O–H groups in total. The Hall–Kier alpha value is -0.650. The van der Waals surface area contributed by atoms with Crippen molar-refractivity contribution in [3.63, 3.8) is 0 Å². The maximum absolute atomic E-state index is 11.4. The lowest BCUT2D eigenvalue weighted by Crippen LogP contribution is -2.43. The fraction of sp³-hybridized carbons (Fsp3) is 0.900. The van der Waals surface area contributed by atoms with Crippen LogP contribution in [0.3, 0.4) is 0 Å². The van der Waals surface area contributed by atoms with Crippen LogP contribution >= 0.6 is 0 Å². The highest BCUT2D eigenvalue weighted by Crippen LogP contribution is 1.94. The Balaban J connectivity index is 3.63. The molecular weight excluding hydrogens is 196 g/mol. The first-order valence-electron chi connectivity index (χ1n) is 5.13. The molecule has 90 valence electrons. The molecule has 0 aliphatic heterocycles. The second kappa shape index (κ2) is 8.64. The molecule has 0 heterocycles. The molecule has 0 rings (SSSR count). The Kier molecular flexibility index (Phi) is 8.27. The maximum atomic E-state index is 11.4. The van der Waals surface area contributed by atoms with Crippen LogP contribution in [-0.4, -0.2) is 45.9 Å². The van der Waals surface area contributed by atoms with Gasteiger partial charge in [0.15, 0.2) is 0 Å². The first-order valence-corrected chi connectivity index (χ1v) is 5.13. The zero-order valence-electron chi connectivity index (χ0n) is 9.79. The molecule has 0 bridgehead atoms. The summed E-state index contributed by atoms with van der Waals surface area (Å²) < 4.78 is 9.81. The van der Waals surface area contributed by atoms with Crippen molar-refractivity contribution in [2.75, 3.05) is 34.0 Å². The predicted molar refractivity (Wildman–Crippen MR) is 58.5 cm³/mol. The number of rotatable bonds is 8. The van der Waals surface area contributed by atoms with E-state index in [9.17, 15) is 4.79 Å². The first-order chi connectivity index (χ1) is 7.11. The number of hydrogen-bond donors (Lipinski definition) is 2. The van der Waals surface area contributed by atoms with Gasteiger partial charge in [0.2, 0.25) is 5.91 Å². The van der Waals surface area contributed by atoms with Gasteiger partial charge in [-0.15, -0.1) is 0 Å². The van der Waals surface area contributed by atoms with E-state index in [0.717, 1.165) is 0 Å². The Labute approximate surface area is 91.3 Å². The van der Waals surface area contributed by atoms with Crippen LogP contribution in [0.15, 0.2) is 0 Å². The zero-order chi connectivity index (χ0) is 11.7. The quantitative estimate of drug-likeness (QED) is 0.589. The summed E-state index contributed by atoms with van der Waals surface area (Å²) in [5.74, 6) is 0.170. The number of methoxy groups -OCH3 is 2. The molecule has 0 saturated carbocycles. The fourth-order valence-corrected chi connectivity index (χ4v) is 1.13. The number of carbonyl (C=O) groups excluding carboxylic acids is 1. The van der Waals surface area contributed by atoms with E-state index >= 15 is 0 Å². The Bertz CT molecular complexity index is 176. The summed E-state index contributed by atoms with van der Waals surface area (Å²) in [7, 11) is 3.23. The van der Waals surface area contributed by atoms with Crippen molar-refractivity contribution in [3.8, 4) is 0 Å². The van der Waals surface area contributed by atoms with Crippen LogP contribution in [0.1, 0.15) is 13.3 Å². The largest absolute Gasteiger partial charge is 0.385 e. The summed E-state index contributed by atoms with van der Waals surface area (Å²) in [5.41, 5.74) is 5.64. The van der Waals surface area contributed by atoms with Crippen LogP contribution in [0, 0.1) is 5.92 Å². The average molecular weight is 218 g/mol. The topological polar surface area (TPSA) is 73.6 Å². The number of ether oxygens (including phenoxy) is 2. The third-order valence-electron chi connectivity index (χ3n) is 2.05. The van der Waals surface area contributed by atoms with Gasteiger partial charge in [-0.2, -0.15) is 0 Å². The highest BCUT2D eigenvalue weighted by atomic mass is 16.5. The molecule has 0 fully saturated rings. The Morgan fingerprint density at radius 1 is 1.40 bits per heavy atom. The molecule has 0 aromatic carbocycles. The van der Waals surface area contributed by atoms with Crippen LogP contribution in [0.4, 0.5) is 0 Å². The summed E-state index contributed by atoms with van der Waals surface area (Å²) in [6.07, 6.45) is 0.543. The summed E-state index contributed by atoms with van der Waals surface area (Å²) in [4.78, 5) is 11.4. The first kappa shape index (κ1) is 14.3. The van der Waals surface area contributed by atoms with E-state index < -0.39 is 6.04 Å². The predicted octanol–water partition coefficient (Wildman–Crippen LogP) is -0.251. The lowest BCUT2D eigenvalue weighted by molar-refractivity contribution is -0.123. The molecule has 1 amide bonds. The van der Waals surface area contributed by atoms with Gasteiger partial charge in [-0.05, 0) is 12.3 Å². The number of amides is 1. The maximum Gasteiger partial charge on any atom is 0.237 e. The molecule has 15 heavy (non-hydrogen) atoms. The lowest BCUT2D eigenvalue weighted by Gasteiger charge is -2.14. The van der Waals surface area contributed by atoms with Gasteiger partial charge < -0.3 is 20.5 Å². The molecule has 0 saturated heterocycles. The van der Waals surface area contributed by atoms with Crippen LogP contribution in [0.25, 0.3) is 0 Å². The second-order valence-corrected chi connectivity index (χ2v) is 3.69. The molecule has 0 aromatic rings. The molecule has 0 radical (unpaired) electrons. The van der Waals surface area contributed by atoms with E-state index in [4.69, 9.17) is 15.2 Å². The molecule has 0 aromatic heterocycles. The van der Waals surface area contributed by atoms with Crippen molar-refractivity contribution in [3.05, 3.63) is 0 Å². The van der Waals surface area contributed by atoms with Crippen molar-refractivity contribution in [2.24, 2.45) is 11.7 Å². The summed E-state index contributed by atoms with van der Waals surface area (Å²) in [6.45, 7) is 3.73. The second-order valence-electron chi connectivity index (χ2n) is 3.69. The Morgan fingerprint density at radius 2 is 2.07 bits per heavy atom. The minimum absolute atomic E-state index is 0.130. The van der Waals surface area contributed by atoms with Gasteiger partial charge in [-0.3, -0.25) is 4.79 Å². The molecule has 0 aliphatic rings. The highest BCUT2D eigenvalue weighted by molar-refractivity contribution is 5.81. The van der Waals surface area contributed by atoms with Crippen molar-refractivity contribution in [1.82, 2.24) is 5.32 Å². The van der Waals surface area contributed by atoms with Crippen LogP contribution in [0.5, 0.6) is 0 Å². The average Bonchev–Trinajstić information content (AvgIpc) is 2.22. The number of nitrogens with one attached hydrogen (secondary N) is 1. The van der Waals surface area contributed by atoms with Crippen molar-refractivity contribution in [2.45, 2.75) is 19.4 Å². The van der Waals surface area contributed by atoms with Gasteiger partial charge in [0.1, 0.15) is 0 Å². The smallest absolute Gasteiger partial charge is 0.237 e. The lowest BCUT2D eigenvalue weighted by atomic mass is 10.1. The van der Waals surface area contributed by atoms with Crippen LogP contribution in [0.2, 0.25) is 0 Å². The summed E-state index contributed by atoms with van der Waals surface area (Å²) in [6, 6.07) is -0.486. The zero-order valence-corrected chi connectivity index (χ0v) is 9.79. The van der Waals surface area contributed by atoms with Gasteiger partial charge in [0, 0.05) is 27.4 Å². The van der Waals surface area contributed by atoms with Gasteiger partial charge in [-0.1, -0.05) is 6.92 Å². The molecule has 2 atom stereocenters. The molecule has 2 unspecified atom stereocenters. The number of carbonyl (C=O) groups is 1. The Morgan fingerprint density at radius 3 is 2.60 bits per heavy atom. The highest BCUT2D eigenvalue weighted by Gasteiger charge is 2.13. The van der Waals surface area contributed by atoms with Crippen molar-refractivity contribution < 1.29 is 14.3 Å². The fourth-order valence-electron chi connectivity index (χ4n) is 1.13. The molecule has 0 spiro atoms. The van der Waals surface area contributed by atoms with Gasteiger partial charge in [0.05, 0.1) is 12.6 Å². The SMILES string of the molecule is COCCC(N)C(=O)NCC(C)COC. The minimum atomic E-state index is -0.486. The number of nitrogens with two attached hydrogens (primary N) is 1. The van der Waals surface area contributed by atoms with Gasteiger partial charge >= 0.3 is 0 Å². The van der Waals surface area contributed by atoms with Crippen molar-refractivity contribution >= 4 is 5.91 Å². The minimum Gasteiger partial charge on any atom is -0.385 e. The monoisotopic (exact) mass is 218 g/mol. The molecular formula is C10H22N2O3. The third-order valence-corrected chi connectivity index (χ3v) is 2.05. The van der Waals surface area contributed by atoms with E-state index in [-0.39, 0.29) is 5.91 Å². The summed E-state index contributed by atoms with van der Waals surface area (Å²) in [5, 5.41) is 2.78. The molecule has 0 aliphatic carbocycles. The van der Waals surface area contributed by atoms with E-state index in [1.807, 2.05) is 6.92 Å².